The van der Waals surface area contributed by atoms with Crippen molar-refractivity contribution in [2.75, 3.05) is 6.61 Å². The molecule has 1 heterocycles. The Morgan fingerprint density at radius 2 is 2.00 bits per heavy atom. The summed E-state index contributed by atoms with van der Waals surface area (Å²) >= 11 is 0. The van der Waals surface area contributed by atoms with Gasteiger partial charge < -0.3 is 14.4 Å². The molecule has 0 spiro atoms. The van der Waals surface area contributed by atoms with Crippen LogP contribution in [0.15, 0.2) is 42.7 Å². The Balaban J connectivity index is 2.06. The van der Waals surface area contributed by atoms with E-state index in [-0.39, 0.29) is 6.10 Å². The van der Waals surface area contributed by atoms with Crippen molar-refractivity contribution in [2.24, 2.45) is 0 Å². The lowest BCUT2D eigenvalue weighted by Gasteiger charge is -2.14. The quantitative estimate of drug-likeness (QED) is 0.867. The minimum absolute atomic E-state index is 0.214. The van der Waals surface area contributed by atoms with Crippen LogP contribution in [0.3, 0.4) is 0 Å². The molecule has 1 atom stereocenters. The number of imidazole rings is 1. The van der Waals surface area contributed by atoms with Gasteiger partial charge in [-0.3, -0.25) is 0 Å². The molecule has 2 aromatic rings. The summed E-state index contributed by atoms with van der Waals surface area (Å²) in [7, 11) is 0. The van der Waals surface area contributed by atoms with E-state index in [0.717, 1.165) is 5.56 Å². The highest BCUT2D eigenvalue weighted by atomic mass is 16.5. The van der Waals surface area contributed by atoms with Gasteiger partial charge in [0, 0.05) is 18.9 Å². The molecule has 0 bridgehead atoms. The summed E-state index contributed by atoms with van der Waals surface area (Å²) in [6.45, 7) is 5.32. The van der Waals surface area contributed by atoms with Crippen LogP contribution < -0.4 is 0 Å². The van der Waals surface area contributed by atoms with Crippen LogP contribution in [-0.2, 0) is 11.3 Å². The Morgan fingerprint density at radius 3 is 2.68 bits per heavy atom. The van der Waals surface area contributed by atoms with Crippen LogP contribution in [0.4, 0.5) is 0 Å². The Morgan fingerprint density at radius 1 is 1.26 bits per heavy atom. The first kappa shape index (κ1) is 13.8. The van der Waals surface area contributed by atoms with Crippen molar-refractivity contribution in [3.05, 3.63) is 54.1 Å². The van der Waals surface area contributed by atoms with Crippen molar-refractivity contribution in [2.45, 2.75) is 32.6 Å². The fourth-order valence-corrected chi connectivity index (χ4v) is 1.93. The molecule has 2 rings (SSSR count). The fraction of sp³-hybridized carbons (Fsp3) is 0.400. The van der Waals surface area contributed by atoms with E-state index in [9.17, 15) is 5.11 Å². The molecule has 102 valence electrons. The van der Waals surface area contributed by atoms with Gasteiger partial charge in [-0.25, -0.2) is 4.98 Å². The van der Waals surface area contributed by atoms with Crippen LogP contribution >= 0.6 is 0 Å². The van der Waals surface area contributed by atoms with E-state index in [0.29, 0.717) is 19.0 Å². The lowest BCUT2D eigenvalue weighted by atomic mass is 10.1. The van der Waals surface area contributed by atoms with Crippen molar-refractivity contribution in [1.29, 1.82) is 0 Å². The van der Waals surface area contributed by atoms with Gasteiger partial charge in [0.15, 0.2) is 0 Å². The monoisotopic (exact) mass is 260 g/mol. The summed E-state index contributed by atoms with van der Waals surface area (Å²) in [6, 6.07) is 9.54. The van der Waals surface area contributed by atoms with Gasteiger partial charge in [0.05, 0.1) is 12.7 Å². The summed E-state index contributed by atoms with van der Waals surface area (Å²) < 4.78 is 7.46. The highest BCUT2D eigenvalue weighted by Gasteiger charge is 2.15. The number of aromatic nitrogens is 2. The summed E-state index contributed by atoms with van der Waals surface area (Å²) in [5.41, 5.74) is 0.847. The Labute approximate surface area is 113 Å². The predicted octanol–water partition coefficient (Wildman–Crippen LogP) is 2.39. The second-order valence-electron chi connectivity index (χ2n) is 4.71. The zero-order valence-electron chi connectivity index (χ0n) is 11.4. The summed E-state index contributed by atoms with van der Waals surface area (Å²) in [5, 5.41) is 10.3. The third-order valence-electron chi connectivity index (χ3n) is 2.89. The van der Waals surface area contributed by atoms with E-state index in [1.165, 1.54) is 0 Å². The molecule has 0 fully saturated rings. The topological polar surface area (TPSA) is 47.3 Å². The van der Waals surface area contributed by atoms with E-state index in [4.69, 9.17) is 4.74 Å². The molecule has 0 amide bonds. The second kappa shape index (κ2) is 6.50. The number of rotatable bonds is 6. The first-order valence-corrected chi connectivity index (χ1v) is 6.54. The lowest BCUT2D eigenvalue weighted by Crippen LogP contribution is -2.14. The zero-order valence-corrected chi connectivity index (χ0v) is 11.4. The van der Waals surface area contributed by atoms with Gasteiger partial charge in [-0.1, -0.05) is 30.3 Å². The molecule has 1 unspecified atom stereocenters. The van der Waals surface area contributed by atoms with Gasteiger partial charge in [-0.2, -0.15) is 0 Å². The molecular formula is C15H20N2O2. The molecule has 0 radical (unpaired) electrons. The summed E-state index contributed by atoms with van der Waals surface area (Å²) in [4.78, 5) is 4.25. The molecule has 19 heavy (non-hydrogen) atoms. The van der Waals surface area contributed by atoms with E-state index >= 15 is 0 Å². The van der Waals surface area contributed by atoms with Gasteiger partial charge >= 0.3 is 0 Å². The predicted molar refractivity (Wildman–Crippen MR) is 73.8 cm³/mol. The van der Waals surface area contributed by atoms with Crippen molar-refractivity contribution in [3.8, 4) is 0 Å². The molecule has 0 saturated heterocycles. The average Bonchev–Trinajstić information content (AvgIpc) is 2.87. The maximum absolute atomic E-state index is 10.3. The van der Waals surface area contributed by atoms with Crippen LogP contribution in [0.1, 0.15) is 31.3 Å². The molecule has 1 N–H and O–H groups in total. The third-order valence-corrected chi connectivity index (χ3v) is 2.89. The maximum atomic E-state index is 10.3. The summed E-state index contributed by atoms with van der Waals surface area (Å²) in [5.74, 6) is 0.651. The van der Waals surface area contributed by atoms with Gasteiger partial charge in [-0.05, 0) is 19.4 Å². The fourth-order valence-electron chi connectivity index (χ4n) is 1.93. The highest BCUT2D eigenvalue weighted by molar-refractivity contribution is 5.22. The third kappa shape index (κ3) is 3.66. The maximum Gasteiger partial charge on any atom is 0.142 e. The first-order chi connectivity index (χ1) is 9.18. The Bertz CT molecular complexity index is 494. The number of benzene rings is 1. The Kier molecular flexibility index (Phi) is 4.71. The van der Waals surface area contributed by atoms with Gasteiger partial charge in [0.2, 0.25) is 0 Å². The smallest absolute Gasteiger partial charge is 0.142 e. The molecule has 0 aliphatic rings. The number of ether oxygens (including phenoxy) is 1. The van der Waals surface area contributed by atoms with E-state index in [1.807, 2.05) is 54.9 Å². The number of hydrogen-bond donors (Lipinski definition) is 1. The standard InChI is InChI=1S/C15H20N2O2/c1-12(2)19-11-10-17-9-8-16-15(17)14(18)13-6-4-3-5-7-13/h3-9,12,14,18H,10-11H2,1-2H3. The number of aliphatic hydroxyl groups excluding tert-OH is 1. The molecule has 1 aromatic carbocycles. The van der Waals surface area contributed by atoms with Crippen molar-refractivity contribution in [1.82, 2.24) is 9.55 Å². The van der Waals surface area contributed by atoms with Crippen LogP contribution in [0.25, 0.3) is 0 Å². The minimum Gasteiger partial charge on any atom is -0.380 e. The first-order valence-electron chi connectivity index (χ1n) is 6.54. The summed E-state index contributed by atoms with van der Waals surface area (Å²) in [6.07, 6.45) is 3.09. The van der Waals surface area contributed by atoms with Crippen molar-refractivity contribution >= 4 is 0 Å². The molecular weight excluding hydrogens is 240 g/mol. The Hall–Kier alpha value is -1.65. The SMILES string of the molecule is CC(C)OCCn1ccnc1C(O)c1ccccc1. The number of nitrogens with zero attached hydrogens (tertiary/aromatic N) is 2. The van der Waals surface area contributed by atoms with Crippen LogP contribution in [-0.4, -0.2) is 27.4 Å². The van der Waals surface area contributed by atoms with E-state index in [2.05, 4.69) is 4.98 Å². The molecule has 0 saturated carbocycles. The molecule has 0 aliphatic heterocycles. The zero-order chi connectivity index (χ0) is 13.7. The van der Waals surface area contributed by atoms with Crippen LogP contribution in [0, 0.1) is 0 Å². The number of hydrogen-bond acceptors (Lipinski definition) is 3. The van der Waals surface area contributed by atoms with E-state index < -0.39 is 6.10 Å². The van der Waals surface area contributed by atoms with Crippen LogP contribution in [0.2, 0.25) is 0 Å². The molecule has 1 aromatic heterocycles. The lowest BCUT2D eigenvalue weighted by molar-refractivity contribution is 0.0711. The van der Waals surface area contributed by atoms with Gasteiger partial charge in [-0.15, -0.1) is 0 Å². The van der Waals surface area contributed by atoms with Crippen molar-refractivity contribution in [3.63, 3.8) is 0 Å². The number of aliphatic hydroxyl groups is 1. The molecule has 4 nitrogen and oxygen atoms in total. The van der Waals surface area contributed by atoms with Gasteiger partial charge in [0.1, 0.15) is 11.9 Å². The largest absolute Gasteiger partial charge is 0.380 e. The average molecular weight is 260 g/mol. The molecule has 4 heteroatoms. The normalized spacial score (nSPS) is 12.8. The highest BCUT2D eigenvalue weighted by Crippen LogP contribution is 2.19. The second-order valence-corrected chi connectivity index (χ2v) is 4.71. The van der Waals surface area contributed by atoms with Gasteiger partial charge in [0.25, 0.3) is 0 Å². The van der Waals surface area contributed by atoms with Crippen LogP contribution in [0.5, 0.6) is 0 Å². The minimum atomic E-state index is -0.699. The van der Waals surface area contributed by atoms with Crippen molar-refractivity contribution < 1.29 is 9.84 Å². The molecule has 0 aliphatic carbocycles. The van der Waals surface area contributed by atoms with E-state index in [1.54, 1.807) is 6.20 Å².